The van der Waals surface area contributed by atoms with Gasteiger partial charge in [0, 0.05) is 11.5 Å². The maximum atomic E-state index is 13.6. The van der Waals surface area contributed by atoms with Crippen molar-refractivity contribution in [3.8, 4) is 11.5 Å². The first-order valence-corrected chi connectivity index (χ1v) is 11.1. The molecule has 2 aromatic rings. The molecule has 2 amide bonds. The predicted molar refractivity (Wildman–Crippen MR) is 118 cm³/mol. The van der Waals surface area contributed by atoms with Gasteiger partial charge in [0.2, 0.25) is 11.8 Å². The number of imide groups is 1. The van der Waals surface area contributed by atoms with E-state index in [1.165, 1.54) is 24.3 Å². The Morgan fingerprint density at radius 1 is 1.15 bits per heavy atom. The third kappa shape index (κ3) is 3.09. The van der Waals surface area contributed by atoms with E-state index in [0.717, 1.165) is 16.7 Å². The lowest BCUT2D eigenvalue weighted by Crippen LogP contribution is -2.39. The van der Waals surface area contributed by atoms with Gasteiger partial charge in [-0.25, -0.2) is 14.5 Å². The summed E-state index contributed by atoms with van der Waals surface area (Å²) in [5.41, 5.74) is 7.20. The highest BCUT2D eigenvalue weighted by molar-refractivity contribution is 8.04. The molecule has 1 fully saturated rings. The molecule has 0 unspecified atom stereocenters. The zero-order valence-electron chi connectivity index (χ0n) is 17.3. The van der Waals surface area contributed by atoms with E-state index in [2.05, 4.69) is 0 Å². The third-order valence-corrected chi connectivity index (χ3v) is 7.14. The molecule has 3 atom stereocenters. The fourth-order valence-corrected chi connectivity index (χ4v) is 5.77. The first kappa shape index (κ1) is 21.1. The van der Waals surface area contributed by atoms with Crippen LogP contribution < -0.4 is 20.1 Å². The van der Waals surface area contributed by atoms with E-state index in [-0.39, 0.29) is 27.6 Å². The van der Waals surface area contributed by atoms with E-state index < -0.39 is 40.8 Å². The van der Waals surface area contributed by atoms with E-state index in [9.17, 15) is 19.2 Å². The fourth-order valence-electron chi connectivity index (χ4n) is 4.53. The van der Waals surface area contributed by atoms with Crippen molar-refractivity contribution in [1.29, 1.82) is 0 Å². The second kappa shape index (κ2) is 7.66. The molecule has 10 heteroatoms. The number of nitrogens with two attached hydrogens (primary N) is 1. The molecule has 0 spiro atoms. The van der Waals surface area contributed by atoms with Crippen LogP contribution in [0.15, 0.2) is 53.1 Å². The lowest BCUT2D eigenvalue weighted by molar-refractivity contribution is -0.132. The van der Waals surface area contributed by atoms with Crippen molar-refractivity contribution in [2.75, 3.05) is 11.5 Å². The second-order valence-corrected chi connectivity index (χ2v) is 8.86. The molecule has 0 aromatic heterocycles. The maximum Gasteiger partial charge on any atom is 0.342 e. The number of anilines is 1. The van der Waals surface area contributed by atoms with Crippen molar-refractivity contribution in [1.82, 2.24) is 0 Å². The minimum atomic E-state index is -1.12. The number of rotatable bonds is 4. The number of carboxylic acid groups (broad SMARTS) is 1. The van der Waals surface area contributed by atoms with Gasteiger partial charge in [-0.3, -0.25) is 9.59 Å². The van der Waals surface area contributed by atoms with Crippen LogP contribution in [-0.4, -0.2) is 40.7 Å². The summed E-state index contributed by atoms with van der Waals surface area (Å²) in [5, 5.41) is 8.43. The minimum absolute atomic E-state index is 0.0326. The van der Waals surface area contributed by atoms with E-state index in [1.54, 1.807) is 25.1 Å². The van der Waals surface area contributed by atoms with Gasteiger partial charge in [0.1, 0.15) is 5.25 Å². The van der Waals surface area contributed by atoms with Crippen LogP contribution in [0, 0.1) is 5.92 Å². The standard InChI is InChI=1S/C23H18N2O7S/c1-2-31-13-5-3-4-12-14-15-18(33-19(24)16(14)23(30)32-17(12)13)21(27)25(20(15)26)11-8-6-10(7-9-11)22(28)29/h3-9,14-15,18H,2,24H2,1H3,(H,28,29)/t14-,15-,18-/m1/s1. The Morgan fingerprint density at radius 3 is 2.55 bits per heavy atom. The highest BCUT2D eigenvalue weighted by Crippen LogP contribution is 2.56. The van der Waals surface area contributed by atoms with E-state index in [4.69, 9.17) is 20.3 Å². The Balaban J connectivity index is 1.61. The van der Waals surface area contributed by atoms with Gasteiger partial charge in [-0.1, -0.05) is 23.9 Å². The van der Waals surface area contributed by atoms with Crippen LogP contribution in [0.1, 0.15) is 28.8 Å². The van der Waals surface area contributed by atoms with Crippen LogP contribution in [-0.2, 0) is 14.4 Å². The van der Waals surface area contributed by atoms with Gasteiger partial charge in [-0.2, -0.15) is 0 Å². The van der Waals surface area contributed by atoms with Crippen molar-refractivity contribution in [3.63, 3.8) is 0 Å². The van der Waals surface area contributed by atoms with Crippen LogP contribution in [0.5, 0.6) is 11.5 Å². The van der Waals surface area contributed by atoms with Crippen molar-refractivity contribution in [3.05, 3.63) is 64.2 Å². The summed E-state index contributed by atoms with van der Waals surface area (Å²) in [4.78, 5) is 52.0. The number of carbonyl (C=O) groups is 4. The summed E-state index contributed by atoms with van der Waals surface area (Å²) >= 11 is 0.973. The van der Waals surface area contributed by atoms with Crippen molar-refractivity contribution >= 4 is 41.2 Å². The number of amides is 2. The average Bonchev–Trinajstić information content (AvgIpc) is 3.04. The Hall–Kier alpha value is -3.79. The van der Waals surface area contributed by atoms with E-state index >= 15 is 0 Å². The number of hydrogen-bond donors (Lipinski definition) is 2. The average molecular weight is 466 g/mol. The first-order chi connectivity index (χ1) is 15.8. The first-order valence-electron chi connectivity index (χ1n) is 10.2. The second-order valence-electron chi connectivity index (χ2n) is 7.68. The molecule has 33 heavy (non-hydrogen) atoms. The van der Waals surface area contributed by atoms with E-state index in [1.807, 2.05) is 0 Å². The number of ether oxygens (including phenoxy) is 2. The highest BCUT2D eigenvalue weighted by Gasteiger charge is 2.58. The van der Waals surface area contributed by atoms with Crippen LogP contribution in [0.25, 0.3) is 0 Å². The number of aromatic carboxylic acids is 1. The van der Waals surface area contributed by atoms with Gasteiger partial charge < -0.3 is 20.3 Å². The highest BCUT2D eigenvalue weighted by atomic mass is 32.2. The molecule has 3 aliphatic rings. The molecule has 168 valence electrons. The lowest BCUT2D eigenvalue weighted by atomic mass is 9.77. The zero-order chi connectivity index (χ0) is 23.4. The van der Waals surface area contributed by atoms with Gasteiger partial charge >= 0.3 is 11.9 Å². The maximum absolute atomic E-state index is 13.6. The van der Waals surface area contributed by atoms with Gasteiger partial charge in [0.25, 0.3) is 0 Å². The summed E-state index contributed by atoms with van der Waals surface area (Å²) in [6, 6.07) is 10.6. The molecule has 0 radical (unpaired) electrons. The Labute approximate surface area is 192 Å². The fraction of sp³-hybridized carbons (Fsp3) is 0.217. The molecule has 0 saturated carbocycles. The summed E-state index contributed by atoms with van der Waals surface area (Å²) in [7, 11) is 0. The minimum Gasteiger partial charge on any atom is -0.490 e. The number of fused-ring (bicyclic) bond motifs is 5. The molecule has 3 heterocycles. The van der Waals surface area contributed by atoms with Gasteiger partial charge in [-0.15, -0.1) is 0 Å². The molecule has 3 aliphatic heterocycles. The third-order valence-electron chi connectivity index (χ3n) is 5.92. The Kier molecular flexibility index (Phi) is 4.89. The van der Waals surface area contributed by atoms with Crippen LogP contribution >= 0.6 is 11.8 Å². The Bertz CT molecular complexity index is 1250. The predicted octanol–water partition coefficient (Wildman–Crippen LogP) is 2.26. The largest absolute Gasteiger partial charge is 0.490 e. The molecule has 5 rings (SSSR count). The molecule has 9 nitrogen and oxygen atoms in total. The van der Waals surface area contributed by atoms with Gasteiger partial charge in [0.15, 0.2) is 11.5 Å². The molecular weight excluding hydrogens is 448 g/mol. The van der Waals surface area contributed by atoms with Gasteiger partial charge in [0.05, 0.1) is 34.4 Å². The quantitative estimate of drug-likeness (QED) is 0.395. The van der Waals surface area contributed by atoms with Crippen molar-refractivity contribution in [2.24, 2.45) is 11.7 Å². The van der Waals surface area contributed by atoms with Gasteiger partial charge in [-0.05, 0) is 37.3 Å². The van der Waals surface area contributed by atoms with Crippen LogP contribution in [0.4, 0.5) is 5.69 Å². The van der Waals surface area contributed by atoms with Crippen molar-refractivity contribution < 1.29 is 33.8 Å². The number of benzene rings is 2. The number of para-hydroxylation sites is 1. The number of thioether (sulfide) groups is 1. The molecule has 3 N–H and O–H groups in total. The molecule has 2 aromatic carbocycles. The molecular formula is C23H18N2O7S. The van der Waals surface area contributed by atoms with Crippen LogP contribution in [0.2, 0.25) is 0 Å². The SMILES string of the molecule is CCOc1cccc2c1OC(=O)C1=C(N)S[C@H]3C(=O)N(c4ccc(C(=O)O)cc4)C(=O)[C@@H]3[C@H]12. The Morgan fingerprint density at radius 2 is 1.88 bits per heavy atom. The number of esters is 1. The topological polar surface area (TPSA) is 136 Å². The number of hydrogen-bond acceptors (Lipinski definition) is 8. The number of carboxylic acids is 1. The summed E-state index contributed by atoms with van der Waals surface area (Å²) in [6.07, 6.45) is 0. The molecule has 1 saturated heterocycles. The summed E-state index contributed by atoms with van der Waals surface area (Å²) < 4.78 is 11.1. The summed E-state index contributed by atoms with van der Waals surface area (Å²) in [5.74, 6) is -3.81. The molecule has 0 aliphatic carbocycles. The zero-order valence-corrected chi connectivity index (χ0v) is 18.1. The smallest absolute Gasteiger partial charge is 0.342 e. The lowest BCUT2D eigenvalue weighted by Gasteiger charge is -2.36. The van der Waals surface area contributed by atoms with Crippen LogP contribution in [0.3, 0.4) is 0 Å². The monoisotopic (exact) mass is 466 g/mol. The van der Waals surface area contributed by atoms with E-state index in [0.29, 0.717) is 17.9 Å². The normalized spacial score (nSPS) is 23.6. The number of carbonyl (C=O) groups excluding carboxylic acids is 3. The van der Waals surface area contributed by atoms with Crippen molar-refractivity contribution in [2.45, 2.75) is 18.1 Å². The number of nitrogens with zero attached hydrogens (tertiary/aromatic N) is 1. The summed E-state index contributed by atoms with van der Waals surface area (Å²) in [6.45, 7) is 2.15. The molecule has 0 bridgehead atoms.